The van der Waals surface area contributed by atoms with E-state index in [-0.39, 0.29) is 0 Å². The summed E-state index contributed by atoms with van der Waals surface area (Å²) < 4.78 is 0. The summed E-state index contributed by atoms with van der Waals surface area (Å²) in [5.74, 6) is 0. The predicted molar refractivity (Wildman–Crippen MR) is 95.2 cm³/mol. The summed E-state index contributed by atoms with van der Waals surface area (Å²) in [5.41, 5.74) is 0. The lowest BCUT2D eigenvalue weighted by Crippen LogP contribution is -1.81. The van der Waals surface area contributed by atoms with Gasteiger partial charge in [0.05, 0.1) is 0 Å². The van der Waals surface area contributed by atoms with Gasteiger partial charge in [-0.1, -0.05) is 99.6 Å². The first-order chi connectivity index (χ1) is 10.5. The molecule has 0 bridgehead atoms. The van der Waals surface area contributed by atoms with Crippen LogP contribution in [0.15, 0.2) is 54.7 Å². The molecule has 115 valence electrons. The Kier molecular flexibility index (Phi) is 12.8. The molecule has 1 rings (SSSR count). The fraction of sp³-hybridized carbons (Fsp3) is 0.524. The molecule has 21 heavy (non-hydrogen) atoms. The molecule has 0 unspecified atom stereocenters. The molecule has 0 aromatic heterocycles. The zero-order valence-corrected chi connectivity index (χ0v) is 13.5. The normalized spacial score (nSPS) is 27.8. The maximum atomic E-state index is 3.34. The Morgan fingerprint density at radius 1 is 0.476 bits per heavy atom. The first-order valence-corrected chi connectivity index (χ1v) is 8.72. The fourth-order valence-electron chi connectivity index (χ4n) is 2.43. The average molecular weight is 283 g/mol. The van der Waals surface area contributed by atoms with Crippen LogP contribution in [0.25, 0.3) is 0 Å². The topological polar surface area (TPSA) is 0 Å². The molecule has 0 N–H and O–H groups in total. The highest BCUT2D eigenvalue weighted by Gasteiger charge is 1.92. The molecule has 0 nitrogen and oxygen atoms in total. The van der Waals surface area contributed by atoms with Gasteiger partial charge >= 0.3 is 0 Å². The van der Waals surface area contributed by atoms with Gasteiger partial charge in [-0.05, 0) is 31.8 Å². The van der Waals surface area contributed by atoms with Gasteiger partial charge in [-0.2, -0.15) is 0 Å². The Morgan fingerprint density at radius 3 is 1.71 bits per heavy atom. The van der Waals surface area contributed by atoms with Gasteiger partial charge in [0.25, 0.3) is 0 Å². The van der Waals surface area contributed by atoms with Crippen molar-refractivity contribution >= 4 is 0 Å². The van der Waals surface area contributed by atoms with Crippen molar-refractivity contribution < 1.29 is 0 Å². The highest BCUT2D eigenvalue weighted by atomic mass is 14.0. The zero-order valence-electron chi connectivity index (χ0n) is 13.5. The summed E-state index contributed by atoms with van der Waals surface area (Å²) in [7, 11) is 0. The minimum absolute atomic E-state index is 1.10. The molecule has 0 atom stereocenters. The molecule has 0 heterocycles. The smallest absolute Gasteiger partial charge is 0.0276 e. The first kappa shape index (κ1) is 17.8. The van der Waals surface area contributed by atoms with Gasteiger partial charge in [0.2, 0.25) is 0 Å². The maximum absolute atomic E-state index is 3.34. The standard InChI is InChI=1S/C21H31/c1-2-4-6-8-10-12-14-16-18-20-21-19-17-15-13-11-9-7-5-3-1/h1-9H,10,12-21H2/b3-1-,4-2-,7-5+,8-6-,11-9?. The summed E-state index contributed by atoms with van der Waals surface area (Å²) in [6.45, 7) is 0. The van der Waals surface area contributed by atoms with Crippen LogP contribution < -0.4 is 0 Å². The molecule has 1 aliphatic rings. The van der Waals surface area contributed by atoms with Gasteiger partial charge in [-0.15, -0.1) is 0 Å². The predicted octanol–water partition coefficient (Wildman–Crippen LogP) is 6.88. The highest BCUT2D eigenvalue weighted by molar-refractivity contribution is 5.17. The van der Waals surface area contributed by atoms with E-state index in [2.05, 4.69) is 54.7 Å². The van der Waals surface area contributed by atoms with Crippen molar-refractivity contribution in [2.24, 2.45) is 0 Å². The van der Waals surface area contributed by atoms with Crippen molar-refractivity contribution in [2.45, 2.75) is 70.6 Å². The third-order valence-corrected chi connectivity index (χ3v) is 3.71. The van der Waals surface area contributed by atoms with Crippen molar-refractivity contribution in [1.82, 2.24) is 0 Å². The van der Waals surface area contributed by atoms with Crippen LogP contribution in [-0.4, -0.2) is 0 Å². The Morgan fingerprint density at radius 2 is 1.00 bits per heavy atom. The summed E-state index contributed by atoms with van der Waals surface area (Å²) in [6, 6.07) is 0. The van der Waals surface area contributed by atoms with Crippen molar-refractivity contribution in [1.29, 1.82) is 0 Å². The molecule has 1 radical (unpaired) electrons. The van der Waals surface area contributed by atoms with Gasteiger partial charge < -0.3 is 0 Å². The van der Waals surface area contributed by atoms with Crippen LogP contribution >= 0.6 is 0 Å². The third-order valence-electron chi connectivity index (χ3n) is 3.71. The van der Waals surface area contributed by atoms with E-state index in [1.807, 2.05) is 6.08 Å². The average Bonchev–Trinajstić information content (AvgIpc) is 2.50. The molecule has 0 aromatic rings. The summed E-state index contributed by atoms with van der Waals surface area (Å²) in [6.07, 6.45) is 37.0. The van der Waals surface area contributed by atoms with Gasteiger partial charge in [-0.25, -0.2) is 0 Å². The van der Waals surface area contributed by atoms with Crippen molar-refractivity contribution in [2.75, 3.05) is 0 Å². The van der Waals surface area contributed by atoms with Crippen molar-refractivity contribution in [3.05, 3.63) is 60.8 Å². The first-order valence-electron chi connectivity index (χ1n) is 8.72. The molecular formula is C21H31. The lowest BCUT2D eigenvalue weighted by molar-refractivity contribution is 0.560. The molecule has 0 saturated heterocycles. The number of hydrogen-bond acceptors (Lipinski definition) is 0. The minimum atomic E-state index is 1.10. The Bertz CT molecular complexity index is 318. The Balaban J connectivity index is 2.30. The van der Waals surface area contributed by atoms with E-state index in [0.717, 1.165) is 6.42 Å². The second kappa shape index (κ2) is 15.1. The largest absolute Gasteiger partial charge is 0.0845 e. The van der Waals surface area contributed by atoms with E-state index >= 15 is 0 Å². The van der Waals surface area contributed by atoms with E-state index in [1.165, 1.54) is 64.2 Å². The second-order valence-corrected chi connectivity index (χ2v) is 5.67. The van der Waals surface area contributed by atoms with Crippen LogP contribution in [0.5, 0.6) is 0 Å². The summed E-state index contributed by atoms with van der Waals surface area (Å²) >= 11 is 0. The van der Waals surface area contributed by atoms with E-state index in [9.17, 15) is 0 Å². The highest BCUT2D eigenvalue weighted by Crippen LogP contribution is 2.11. The number of rotatable bonds is 0. The third kappa shape index (κ3) is 13.4. The molecule has 0 amide bonds. The van der Waals surface area contributed by atoms with E-state index in [0.29, 0.717) is 0 Å². The molecule has 0 fully saturated rings. The van der Waals surface area contributed by atoms with Gasteiger partial charge in [0.1, 0.15) is 0 Å². The van der Waals surface area contributed by atoms with Crippen LogP contribution in [0.3, 0.4) is 0 Å². The Labute approximate surface area is 132 Å². The van der Waals surface area contributed by atoms with Crippen molar-refractivity contribution in [3.8, 4) is 0 Å². The lowest BCUT2D eigenvalue weighted by Gasteiger charge is -2.01. The molecule has 0 spiro atoms. The molecular weight excluding hydrogens is 252 g/mol. The summed E-state index contributed by atoms with van der Waals surface area (Å²) in [5, 5.41) is 0. The zero-order chi connectivity index (χ0) is 14.8. The monoisotopic (exact) mass is 283 g/mol. The molecule has 0 saturated carbocycles. The quantitative estimate of drug-likeness (QED) is 0.455. The van der Waals surface area contributed by atoms with Gasteiger partial charge in [0, 0.05) is 0 Å². The van der Waals surface area contributed by atoms with E-state index in [1.54, 1.807) is 0 Å². The molecule has 0 heteroatoms. The van der Waals surface area contributed by atoms with Crippen LogP contribution in [0.4, 0.5) is 0 Å². The van der Waals surface area contributed by atoms with E-state index < -0.39 is 0 Å². The van der Waals surface area contributed by atoms with Crippen LogP contribution in [-0.2, 0) is 0 Å². The fourth-order valence-corrected chi connectivity index (χ4v) is 2.43. The van der Waals surface area contributed by atoms with Crippen LogP contribution in [0.1, 0.15) is 70.6 Å². The summed E-state index contributed by atoms with van der Waals surface area (Å²) in [4.78, 5) is 0. The van der Waals surface area contributed by atoms with Crippen LogP contribution in [0, 0.1) is 6.08 Å². The van der Waals surface area contributed by atoms with Gasteiger partial charge in [-0.3, -0.25) is 0 Å². The second-order valence-electron chi connectivity index (χ2n) is 5.67. The Hall–Kier alpha value is -1.30. The van der Waals surface area contributed by atoms with Crippen molar-refractivity contribution in [3.63, 3.8) is 0 Å². The molecule has 0 aromatic carbocycles. The SMILES string of the molecule is [C]1=C/C=C/C=C\C=C/C=C\CCCCCCCCCCC/1. The minimum Gasteiger partial charge on any atom is -0.0845 e. The number of allylic oxidation sites excluding steroid dienone is 10. The molecule has 1 aliphatic carbocycles. The van der Waals surface area contributed by atoms with Gasteiger partial charge in [0.15, 0.2) is 0 Å². The lowest BCUT2D eigenvalue weighted by atomic mass is 10.1. The maximum Gasteiger partial charge on any atom is -0.0276 e. The van der Waals surface area contributed by atoms with E-state index in [4.69, 9.17) is 0 Å². The number of hydrogen-bond donors (Lipinski definition) is 0. The molecule has 0 aliphatic heterocycles. The van der Waals surface area contributed by atoms with Crippen LogP contribution in [0.2, 0.25) is 0 Å².